The van der Waals surface area contributed by atoms with E-state index in [2.05, 4.69) is 55.7 Å². The maximum absolute atomic E-state index is 5.64. The van der Waals surface area contributed by atoms with Gasteiger partial charge in [0, 0.05) is 45.0 Å². The van der Waals surface area contributed by atoms with Gasteiger partial charge in [0.2, 0.25) is 0 Å². The van der Waals surface area contributed by atoms with Gasteiger partial charge in [-0.25, -0.2) is 0 Å². The van der Waals surface area contributed by atoms with Crippen LogP contribution in [-0.2, 0) is 0 Å². The van der Waals surface area contributed by atoms with Crippen LogP contribution in [0.2, 0.25) is 0 Å². The van der Waals surface area contributed by atoms with Gasteiger partial charge in [-0.05, 0) is 33.3 Å². The summed E-state index contributed by atoms with van der Waals surface area (Å²) in [6.07, 6.45) is 7.76. The van der Waals surface area contributed by atoms with Crippen LogP contribution >= 0.6 is 0 Å². The zero-order valence-corrected chi connectivity index (χ0v) is 13.7. The van der Waals surface area contributed by atoms with Crippen molar-refractivity contribution in [1.82, 2.24) is 9.80 Å². The number of nitrogens with zero attached hydrogens (tertiary/aromatic N) is 2. The van der Waals surface area contributed by atoms with E-state index in [1.54, 1.807) is 0 Å². The third-order valence-corrected chi connectivity index (χ3v) is 4.09. The molecule has 0 unspecified atom stereocenters. The standard InChI is InChI=1S/C17H31N3/c1-5-15(3)7-8-17(16(4)6-2)20-13-11-19(10-9-18)12-14-20/h5,7-8H,6,9-14,18H2,1-4H3/b8-7-,15-5-,17-16?. The summed E-state index contributed by atoms with van der Waals surface area (Å²) in [4.78, 5) is 4.97. The molecular formula is C17H31N3. The van der Waals surface area contributed by atoms with Gasteiger partial charge in [-0.15, -0.1) is 0 Å². The Balaban J connectivity index is 2.75. The number of nitrogens with two attached hydrogens (primary N) is 1. The molecule has 0 saturated carbocycles. The van der Waals surface area contributed by atoms with Crippen molar-refractivity contribution < 1.29 is 0 Å². The largest absolute Gasteiger partial charge is 0.369 e. The molecule has 0 bridgehead atoms. The third kappa shape index (κ3) is 5.14. The number of hydrogen-bond acceptors (Lipinski definition) is 3. The molecule has 0 aromatic rings. The van der Waals surface area contributed by atoms with E-state index >= 15 is 0 Å². The quantitative estimate of drug-likeness (QED) is 0.758. The Kier molecular flexibility index (Phi) is 7.63. The van der Waals surface area contributed by atoms with Crippen LogP contribution in [-0.4, -0.2) is 49.1 Å². The highest BCUT2D eigenvalue weighted by Crippen LogP contribution is 2.18. The molecule has 3 nitrogen and oxygen atoms in total. The van der Waals surface area contributed by atoms with Crippen LogP contribution in [0, 0.1) is 0 Å². The summed E-state index contributed by atoms with van der Waals surface area (Å²) in [7, 11) is 0. The molecule has 2 N–H and O–H groups in total. The predicted octanol–water partition coefficient (Wildman–Crippen LogP) is 2.77. The third-order valence-electron chi connectivity index (χ3n) is 4.09. The Bertz CT molecular complexity index is 372. The fraction of sp³-hybridized carbons (Fsp3) is 0.647. The zero-order valence-electron chi connectivity index (χ0n) is 13.7. The molecule has 3 heteroatoms. The second kappa shape index (κ2) is 8.98. The highest BCUT2D eigenvalue weighted by atomic mass is 15.3. The Hall–Kier alpha value is -1.06. The van der Waals surface area contributed by atoms with E-state index in [-0.39, 0.29) is 0 Å². The molecule has 1 fully saturated rings. The van der Waals surface area contributed by atoms with Gasteiger partial charge in [-0.2, -0.15) is 0 Å². The minimum Gasteiger partial charge on any atom is -0.369 e. The van der Waals surface area contributed by atoms with Crippen LogP contribution in [0.1, 0.15) is 34.1 Å². The van der Waals surface area contributed by atoms with Gasteiger partial charge in [0.05, 0.1) is 0 Å². The molecule has 0 radical (unpaired) electrons. The van der Waals surface area contributed by atoms with Crippen molar-refractivity contribution >= 4 is 0 Å². The number of hydrogen-bond donors (Lipinski definition) is 1. The summed E-state index contributed by atoms with van der Waals surface area (Å²) in [6, 6.07) is 0. The lowest BCUT2D eigenvalue weighted by molar-refractivity contribution is 0.164. The molecule has 1 aliphatic rings. The Labute approximate surface area is 124 Å². The van der Waals surface area contributed by atoms with E-state index in [4.69, 9.17) is 5.73 Å². The van der Waals surface area contributed by atoms with Gasteiger partial charge in [-0.1, -0.05) is 30.2 Å². The van der Waals surface area contributed by atoms with Crippen molar-refractivity contribution in [3.8, 4) is 0 Å². The van der Waals surface area contributed by atoms with Crippen LogP contribution in [0.3, 0.4) is 0 Å². The zero-order chi connectivity index (χ0) is 15.0. The molecule has 20 heavy (non-hydrogen) atoms. The molecule has 114 valence electrons. The minimum atomic E-state index is 0.761. The maximum Gasteiger partial charge on any atom is 0.0356 e. The maximum atomic E-state index is 5.64. The Morgan fingerprint density at radius 1 is 1.10 bits per heavy atom. The van der Waals surface area contributed by atoms with Crippen molar-refractivity contribution in [2.24, 2.45) is 5.73 Å². The lowest BCUT2D eigenvalue weighted by Crippen LogP contribution is -2.47. The van der Waals surface area contributed by atoms with Crippen molar-refractivity contribution in [3.63, 3.8) is 0 Å². The SMILES string of the molecule is C/C=C(C)\C=C/C(=C(C)CC)N1CCN(CCN)CC1. The summed E-state index contributed by atoms with van der Waals surface area (Å²) >= 11 is 0. The summed E-state index contributed by atoms with van der Waals surface area (Å²) in [5.41, 5.74) is 9.82. The van der Waals surface area contributed by atoms with Gasteiger partial charge in [0.15, 0.2) is 0 Å². The van der Waals surface area contributed by atoms with Gasteiger partial charge in [0.25, 0.3) is 0 Å². The van der Waals surface area contributed by atoms with Crippen molar-refractivity contribution in [2.45, 2.75) is 34.1 Å². The fourth-order valence-electron chi connectivity index (χ4n) is 2.40. The van der Waals surface area contributed by atoms with Gasteiger partial charge < -0.3 is 10.6 Å². The first-order valence-electron chi connectivity index (χ1n) is 7.80. The highest BCUT2D eigenvalue weighted by molar-refractivity contribution is 5.29. The van der Waals surface area contributed by atoms with Gasteiger partial charge >= 0.3 is 0 Å². The molecule has 0 aromatic carbocycles. The van der Waals surface area contributed by atoms with Crippen LogP contribution in [0.15, 0.2) is 35.1 Å². The molecule has 0 aliphatic carbocycles. The summed E-state index contributed by atoms with van der Waals surface area (Å²) in [5, 5.41) is 0. The average molecular weight is 277 g/mol. The summed E-state index contributed by atoms with van der Waals surface area (Å²) < 4.78 is 0. The van der Waals surface area contributed by atoms with E-state index < -0.39 is 0 Å². The van der Waals surface area contributed by atoms with Crippen LogP contribution in [0.4, 0.5) is 0 Å². The smallest absolute Gasteiger partial charge is 0.0356 e. The molecule has 0 amide bonds. The fourth-order valence-corrected chi connectivity index (χ4v) is 2.40. The molecular weight excluding hydrogens is 246 g/mol. The second-order valence-corrected chi connectivity index (χ2v) is 5.50. The second-order valence-electron chi connectivity index (χ2n) is 5.50. The number of allylic oxidation sites excluding steroid dienone is 5. The number of rotatable bonds is 6. The molecule has 0 aromatic heterocycles. The minimum absolute atomic E-state index is 0.761. The first kappa shape index (κ1) is 17.0. The van der Waals surface area contributed by atoms with E-state index in [1.165, 1.54) is 16.8 Å². The van der Waals surface area contributed by atoms with E-state index in [0.717, 1.165) is 45.7 Å². The molecule has 1 rings (SSSR count). The molecule has 1 aliphatic heterocycles. The monoisotopic (exact) mass is 277 g/mol. The lowest BCUT2D eigenvalue weighted by Gasteiger charge is -2.37. The summed E-state index contributed by atoms with van der Waals surface area (Å²) in [6.45, 7) is 14.9. The topological polar surface area (TPSA) is 32.5 Å². The molecule has 1 heterocycles. The van der Waals surface area contributed by atoms with Crippen molar-refractivity contribution in [2.75, 3.05) is 39.3 Å². The van der Waals surface area contributed by atoms with Crippen molar-refractivity contribution in [1.29, 1.82) is 0 Å². The number of piperazine rings is 1. The van der Waals surface area contributed by atoms with Gasteiger partial charge in [-0.3, -0.25) is 4.90 Å². The Morgan fingerprint density at radius 3 is 2.25 bits per heavy atom. The molecule has 0 atom stereocenters. The van der Waals surface area contributed by atoms with Crippen molar-refractivity contribution in [3.05, 3.63) is 35.1 Å². The lowest BCUT2D eigenvalue weighted by atomic mass is 10.1. The van der Waals surface area contributed by atoms with Crippen LogP contribution in [0.5, 0.6) is 0 Å². The van der Waals surface area contributed by atoms with Crippen LogP contribution in [0.25, 0.3) is 0 Å². The first-order valence-corrected chi connectivity index (χ1v) is 7.80. The van der Waals surface area contributed by atoms with E-state index in [0.29, 0.717) is 0 Å². The van der Waals surface area contributed by atoms with E-state index in [9.17, 15) is 0 Å². The predicted molar refractivity (Wildman–Crippen MR) is 88.6 cm³/mol. The van der Waals surface area contributed by atoms with Gasteiger partial charge in [0.1, 0.15) is 0 Å². The molecule has 0 spiro atoms. The summed E-state index contributed by atoms with van der Waals surface area (Å²) in [5.74, 6) is 0. The molecule has 1 saturated heterocycles. The van der Waals surface area contributed by atoms with E-state index in [1.807, 2.05) is 0 Å². The highest BCUT2D eigenvalue weighted by Gasteiger charge is 2.17. The normalized spacial score (nSPS) is 19.6. The van der Waals surface area contributed by atoms with Crippen LogP contribution < -0.4 is 5.73 Å². The average Bonchev–Trinajstić information content (AvgIpc) is 2.48. The first-order chi connectivity index (χ1) is 9.62. The Morgan fingerprint density at radius 2 is 1.75 bits per heavy atom.